The highest BCUT2D eigenvalue weighted by molar-refractivity contribution is 6.31. The van der Waals surface area contributed by atoms with Crippen LogP contribution in [0.4, 0.5) is 5.82 Å². The second kappa shape index (κ2) is 6.25. The molecule has 2 N–H and O–H groups in total. The van der Waals surface area contributed by atoms with Crippen LogP contribution in [0.5, 0.6) is 0 Å². The van der Waals surface area contributed by atoms with Crippen LogP contribution in [0.3, 0.4) is 0 Å². The van der Waals surface area contributed by atoms with E-state index in [-0.39, 0.29) is 12.1 Å². The molecule has 1 heterocycles. The maximum Gasteiger partial charge on any atom is 0.133 e. The van der Waals surface area contributed by atoms with Crippen molar-refractivity contribution in [1.29, 1.82) is 0 Å². The number of hydrogen-bond donors (Lipinski definition) is 1. The zero-order chi connectivity index (χ0) is 14.7. The fraction of sp³-hybridized carbons (Fsp3) is 0.312. The molecule has 2 aromatic rings. The first-order valence-electron chi connectivity index (χ1n) is 6.70. The average Bonchev–Trinajstić information content (AvgIpc) is 2.46. The van der Waals surface area contributed by atoms with E-state index in [0.29, 0.717) is 0 Å². The molecule has 2 unspecified atom stereocenters. The standard InChI is InChI=1S/C16H20ClN3/c1-11(18)13-8-6-10-19-16(13)20(3)12(2)14-7-4-5-9-15(14)17/h4-12H,18H2,1-3H3. The Balaban J connectivity index is 2.37. The van der Waals surface area contributed by atoms with Crippen molar-refractivity contribution in [1.82, 2.24) is 4.98 Å². The lowest BCUT2D eigenvalue weighted by molar-refractivity contribution is 0.710. The largest absolute Gasteiger partial charge is 0.353 e. The summed E-state index contributed by atoms with van der Waals surface area (Å²) in [6.45, 7) is 4.08. The normalized spacial score (nSPS) is 13.8. The molecule has 3 nitrogen and oxygen atoms in total. The van der Waals surface area contributed by atoms with Gasteiger partial charge in [0.15, 0.2) is 0 Å². The van der Waals surface area contributed by atoms with Crippen LogP contribution in [0, 0.1) is 0 Å². The summed E-state index contributed by atoms with van der Waals surface area (Å²) in [5.41, 5.74) is 8.15. The van der Waals surface area contributed by atoms with Crippen LogP contribution in [0.2, 0.25) is 5.02 Å². The summed E-state index contributed by atoms with van der Waals surface area (Å²) in [4.78, 5) is 6.59. The van der Waals surface area contributed by atoms with Gasteiger partial charge in [-0.3, -0.25) is 0 Å². The highest BCUT2D eigenvalue weighted by Crippen LogP contribution is 2.31. The summed E-state index contributed by atoms with van der Waals surface area (Å²) in [5, 5.41) is 0.769. The molecule has 0 aliphatic heterocycles. The van der Waals surface area contributed by atoms with Crippen molar-refractivity contribution >= 4 is 17.4 Å². The minimum Gasteiger partial charge on any atom is -0.353 e. The van der Waals surface area contributed by atoms with E-state index < -0.39 is 0 Å². The lowest BCUT2D eigenvalue weighted by Gasteiger charge is -2.29. The highest BCUT2D eigenvalue weighted by atomic mass is 35.5. The second-order valence-electron chi connectivity index (χ2n) is 5.01. The minimum absolute atomic E-state index is 0.0559. The van der Waals surface area contributed by atoms with Gasteiger partial charge in [-0.2, -0.15) is 0 Å². The molecule has 1 aromatic carbocycles. The molecule has 0 fully saturated rings. The second-order valence-corrected chi connectivity index (χ2v) is 5.42. The van der Waals surface area contributed by atoms with Gasteiger partial charge in [-0.15, -0.1) is 0 Å². The van der Waals surface area contributed by atoms with E-state index >= 15 is 0 Å². The summed E-state index contributed by atoms with van der Waals surface area (Å²) >= 11 is 6.28. The molecule has 106 valence electrons. The van der Waals surface area contributed by atoms with Crippen molar-refractivity contribution in [2.75, 3.05) is 11.9 Å². The van der Waals surface area contributed by atoms with Gasteiger partial charge in [0.2, 0.25) is 0 Å². The van der Waals surface area contributed by atoms with Crippen LogP contribution in [0.1, 0.15) is 37.1 Å². The van der Waals surface area contributed by atoms with Crippen LogP contribution in [0.15, 0.2) is 42.6 Å². The first kappa shape index (κ1) is 14.8. The number of halogens is 1. The first-order chi connectivity index (χ1) is 9.52. The van der Waals surface area contributed by atoms with E-state index in [9.17, 15) is 0 Å². The van der Waals surface area contributed by atoms with Crippen LogP contribution in [-0.4, -0.2) is 12.0 Å². The van der Waals surface area contributed by atoms with Gasteiger partial charge in [0, 0.05) is 29.9 Å². The SMILES string of the molecule is CC(N)c1cccnc1N(C)C(C)c1ccccc1Cl. The van der Waals surface area contributed by atoms with Crippen molar-refractivity contribution in [3.05, 3.63) is 58.7 Å². The number of nitrogens with zero attached hydrogens (tertiary/aromatic N) is 2. The fourth-order valence-electron chi connectivity index (χ4n) is 2.27. The van der Waals surface area contributed by atoms with Crippen molar-refractivity contribution in [2.45, 2.75) is 25.9 Å². The summed E-state index contributed by atoms with van der Waals surface area (Å²) in [7, 11) is 2.02. The number of benzene rings is 1. The highest BCUT2D eigenvalue weighted by Gasteiger charge is 2.19. The molecule has 0 saturated heterocycles. The van der Waals surface area contributed by atoms with Gasteiger partial charge in [0.25, 0.3) is 0 Å². The molecular formula is C16H20ClN3. The van der Waals surface area contributed by atoms with Gasteiger partial charge >= 0.3 is 0 Å². The molecule has 2 rings (SSSR count). The Labute approximate surface area is 125 Å². The summed E-state index contributed by atoms with van der Waals surface area (Å²) in [6.07, 6.45) is 1.79. The summed E-state index contributed by atoms with van der Waals surface area (Å²) in [5.74, 6) is 0.898. The van der Waals surface area contributed by atoms with Gasteiger partial charge < -0.3 is 10.6 Å². The van der Waals surface area contributed by atoms with Crippen molar-refractivity contribution in [3.63, 3.8) is 0 Å². The Bertz CT molecular complexity index is 583. The zero-order valence-corrected chi connectivity index (χ0v) is 12.8. The smallest absolute Gasteiger partial charge is 0.133 e. The third-order valence-corrected chi connectivity index (χ3v) is 3.92. The average molecular weight is 290 g/mol. The molecule has 0 spiro atoms. The molecule has 0 radical (unpaired) electrons. The monoisotopic (exact) mass is 289 g/mol. The summed E-state index contributed by atoms with van der Waals surface area (Å²) in [6, 6.07) is 11.9. The zero-order valence-electron chi connectivity index (χ0n) is 12.0. The van der Waals surface area contributed by atoms with E-state index in [1.54, 1.807) is 6.20 Å². The van der Waals surface area contributed by atoms with Crippen LogP contribution < -0.4 is 10.6 Å². The molecule has 2 atom stereocenters. The van der Waals surface area contributed by atoms with Gasteiger partial charge in [-0.1, -0.05) is 35.9 Å². The van der Waals surface area contributed by atoms with E-state index in [0.717, 1.165) is 22.0 Å². The molecule has 1 aromatic heterocycles. The molecule has 20 heavy (non-hydrogen) atoms. The van der Waals surface area contributed by atoms with Crippen molar-refractivity contribution in [2.24, 2.45) is 5.73 Å². The van der Waals surface area contributed by atoms with Crippen molar-refractivity contribution in [3.8, 4) is 0 Å². The van der Waals surface area contributed by atoms with Crippen LogP contribution >= 0.6 is 11.6 Å². The van der Waals surface area contributed by atoms with E-state index in [4.69, 9.17) is 17.3 Å². The molecule has 0 bridgehead atoms. The first-order valence-corrected chi connectivity index (χ1v) is 7.08. The molecule has 0 aliphatic carbocycles. The third kappa shape index (κ3) is 2.94. The van der Waals surface area contributed by atoms with Gasteiger partial charge in [-0.05, 0) is 31.5 Å². The van der Waals surface area contributed by atoms with E-state index in [1.165, 1.54) is 0 Å². The predicted molar refractivity (Wildman–Crippen MR) is 85.1 cm³/mol. The van der Waals surface area contributed by atoms with Gasteiger partial charge in [-0.25, -0.2) is 4.98 Å². The van der Waals surface area contributed by atoms with E-state index in [1.807, 2.05) is 50.4 Å². The van der Waals surface area contributed by atoms with Crippen molar-refractivity contribution < 1.29 is 0 Å². The Morgan fingerprint density at radius 1 is 1.10 bits per heavy atom. The number of anilines is 1. The molecule has 4 heteroatoms. The Morgan fingerprint density at radius 2 is 1.75 bits per heavy atom. The fourth-order valence-corrected chi connectivity index (χ4v) is 2.56. The topological polar surface area (TPSA) is 42.1 Å². The van der Waals surface area contributed by atoms with Gasteiger partial charge in [0.1, 0.15) is 5.82 Å². The van der Waals surface area contributed by atoms with Crippen LogP contribution in [-0.2, 0) is 0 Å². The molecule has 0 saturated carbocycles. The Kier molecular flexibility index (Phi) is 4.63. The predicted octanol–water partition coefficient (Wildman–Crippen LogP) is 3.95. The lowest BCUT2D eigenvalue weighted by Crippen LogP contribution is -2.25. The number of nitrogens with two attached hydrogens (primary N) is 1. The summed E-state index contributed by atoms with van der Waals surface area (Å²) < 4.78 is 0. The number of pyridine rings is 1. The minimum atomic E-state index is -0.0559. The molecule has 0 aliphatic rings. The maximum atomic E-state index is 6.28. The van der Waals surface area contributed by atoms with Crippen LogP contribution in [0.25, 0.3) is 0 Å². The van der Waals surface area contributed by atoms with E-state index in [2.05, 4.69) is 16.8 Å². The quantitative estimate of drug-likeness (QED) is 0.926. The third-order valence-electron chi connectivity index (χ3n) is 3.58. The maximum absolute atomic E-state index is 6.28. The number of rotatable bonds is 4. The Morgan fingerprint density at radius 3 is 2.40 bits per heavy atom. The number of hydrogen-bond acceptors (Lipinski definition) is 3. The molecular weight excluding hydrogens is 270 g/mol. The van der Waals surface area contributed by atoms with Gasteiger partial charge in [0.05, 0.1) is 6.04 Å². The lowest BCUT2D eigenvalue weighted by atomic mass is 10.1. The number of aromatic nitrogens is 1. The Hall–Kier alpha value is -1.58. The molecule has 0 amide bonds.